The van der Waals surface area contributed by atoms with Crippen LogP contribution >= 0.6 is 0 Å². The van der Waals surface area contributed by atoms with Gasteiger partial charge in [0.15, 0.2) is 6.10 Å². The second-order valence-corrected chi connectivity index (χ2v) is 3.49. The number of aliphatic hydroxyl groups excluding tert-OH is 1. The molecule has 0 rings (SSSR count). The van der Waals surface area contributed by atoms with Crippen molar-refractivity contribution in [1.82, 2.24) is 0 Å². The van der Waals surface area contributed by atoms with E-state index < -0.39 is 30.3 Å². The number of carbonyl (C=O) groups is 3. The van der Waals surface area contributed by atoms with Gasteiger partial charge in [-0.1, -0.05) is 0 Å². The molecule has 0 aliphatic heterocycles. The minimum Gasteiger partial charge on any atom is -0.450 e. The Morgan fingerprint density at radius 3 is 2.11 bits per heavy atom. The highest BCUT2D eigenvalue weighted by atomic mass is 16.6. The molecule has 3 amide bonds. The minimum absolute atomic E-state index is 0.0886. The summed E-state index contributed by atoms with van der Waals surface area (Å²) in [6.45, 7) is 0.0886. The topological polar surface area (TPSA) is 168 Å². The van der Waals surface area contributed by atoms with E-state index in [1.165, 1.54) is 0 Å². The molecule has 0 fully saturated rings. The van der Waals surface area contributed by atoms with Crippen LogP contribution in [0.25, 0.3) is 0 Å². The van der Waals surface area contributed by atoms with Crippen molar-refractivity contribution in [2.75, 3.05) is 6.61 Å². The molecule has 2 atom stereocenters. The second kappa shape index (κ2) is 8.12. The van der Waals surface area contributed by atoms with Crippen LogP contribution < -0.4 is 17.2 Å². The predicted molar refractivity (Wildman–Crippen MR) is 59.0 cm³/mol. The molecule has 0 aromatic carbocycles. The lowest BCUT2D eigenvalue weighted by Crippen LogP contribution is -2.42. The summed E-state index contributed by atoms with van der Waals surface area (Å²) in [5.41, 5.74) is 14.4. The summed E-state index contributed by atoms with van der Waals surface area (Å²) < 4.78 is 9.02. The Hall–Kier alpha value is -2.03. The number of aliphatic hydroxyl groups is 1. The van der Waals surface area contributed by atoms with Crippen molar-refractivity contribution in [2.45, 2.75) is 31.5 Å². The first-order valence-corrected chi connectivity index (χ1v) is 5.20. The number of rotatable bonds is 8. The number of hydrogen-bond acceptors (Lipinski definition) is 6. The first-order chi connectivity index (χ1) is 8.34. The van der Waals surface area contributed by atoms with Crippen molar-refractivity contribution in [1.29, 1.82) is 0 Å². The molecule has 7 N–H and O–H groups in total. The standard InChI is InChI=1S/C9H17N3O6/c10-7(14)6(13)5(18-9(12)16)3-1-2-4-17-8(11)15/h5-6,13H,1-4H2,(H2,10,14)(H2,11,15)(H2,12,16)/t5-,6?/m0/s1. The molecule has 1 unspecified atom stereocenters. The molecular formula is C9H17N3O6. The van der Waals surface area contributed by atoms with Crippen LogP contribution in [0.1, 0.15) is 19.3 Å². The van der Waals surface area contributed by atoms with Crippen molar-refractivity contribution in [2.24, 2.45) is 17.2 Å². The van der Waals surface area contributed by atoms with Crippen molar-refractivity contribution in [3.8, 4) is 0 Å². The lowest BCUT2D eigenvalue weighted by molar-refractivity contribution is -0.132. The lowest BCUT2D eigenvalue weighted by Gasteiger charge is -2.19. The average Bonchev–Trinajstić information content (AvgIpc) is 2.24. The molecule has 0 saturated heterocycles. The van der Waals surface area contributed by atoms with Gasteiger partial charge in [0.1, 0.15) is 6.10 Å². The predicted octanol–water partition coefficient (Wildman–Crippen LogP) is -1.44. The zero-order valence-electron chi connectivity index (χ0n) is 9.70. The van der Waals surface area contributed by atoms with Gasteiger partial charge in [0.2, 0.25) is 5.91 Å². The van der Waals surface area contributed by atoms with Crippen molar-refractivity contribution in [3.63, 3.8) is 0 Å². The average molecular weight is 263 g/mol. The summed E-state index contributed by atoms with van der Waals surface area (Å²) in [5, 5.41) is 9.37. The molecule has 0 radical (unpaired) electrons. The largest absolute Gasteiger partial charge is 0.450 e. The highest BCUT2D eigenvalue weighted by molar-refractivity contribution is 5.79. The summed E-state index contributed by atoms with van der Waals surface area (Å²) in [6, 6.07) is 0. The monoisotopic (exact) mass is 263 g/mol. The first kappa shape index (κ1) is 16.0. The lowest BCUT2D eigenvalue weighted by atomic mass is 10.1. The molecule has 0 saturated carbocycles. The highest BCUT2D eigenvalue weighted by Gasteiger charge is 2.26. The Labute approximate surface area is 103 Å². The third kappa shape index (κ3) is 7.28. The van der Waals surface area contributed by atoms with E-state index in [1.807, 2.05) is 0 Å². The quantitative estimate of drug-likeness (QED) is 0.391. The number of nitrogens with two attached hydrogens (primary N) is 3. The van der Waals surface area contributed by atoms with Crippen LogP contribution in [0.2, 0.25) is 0 Å². The maximum atomic E-state index is 10.8. The van der Waals surface area contributed by atoms with Crippen LogP contribution in [0.15, 0.2) is 0 Å². The fourth-order valence-electron chi connectivity index (χ4n) is 1.23. The number of unbranched alkanes of at least 4 members (excludes halogenated alkanes) is 1. The van der Waals surface area contributed by atoms with Crippen LogP contribution in [0.5, 0.6) is 0 Å². The summed E-state index contributed by atoms with van der Waals surface area (Å²) in [7, 11) is 0. The number of hydrogen-bond donors (Lipinski definition) is 4. The third-order valence-electron chi connectivity index (χ3n) is 2.04. The molecule has 0 aromatic heterocycles. The van der Waals surface area contributed by atoms with Gasteiger partial charge in [0.25, 0.3) is 0 Å². The van der Waals surface area contributed by atoms with Crippen LogP contribution in [-0.4, -0.2) is 42.0 Å². The Kier molecular flexibility index (Phi) is 7.20. The van der Waals surface area contributed by atoms with Crippen molar-refractivity contribution < 1.29 is 29.0 Å². The Morgan fingerprint density at radius 1 is 1.06 bits per heavy atom. The maximum Gasteiger partial charge on any atom is 0.404 e. The molecule has 9 nitrogen and oxygen atoms in total. The molecule has 18 heavy (non-hydrogen) atoms. The summed E-state index contributed by atoms with van der Waals surface area (Å²) in [5.74, 6) is -1.02. The van der Waals surface area contributed by atoms with Gasteiger partial charge >= 0.3 is 12.2 Å². The Balaban J connectivity index is 4.05. The normalized spacial score (nSPS) is 13.4. The molecule has 0 spiro atoms. The van der Waals surface area contributed by atoms with Crippen LogP contribution in [0.4, 0.5) is 9.59 Å². The van der Waals surface area contributed by atoms with Gasteiger partial charge in [0, 0.05) is 0 Å². The molecule has 0 aliphatic rings. The summed E-state index contributed by atoms with van der Waals surface area (Å²) in [6.07, 6.45) is -3.77. The first-order valence-electron chi connectivity index (χ1n) is 5.20. The fraction of sp³-hybridized carbons (Fsp3) is 0.667. The van der Waals surface area contributed by atoms with Crippen molar-refractivity contribution >= 4 is 18.1 Å². The van der Waals surface area contributed by atoms with Crippen LogP contribution in [0.3, 0.4) is 0 Å². The number of carbonyl (C=O) groups excluding carboxylic acids is 3. The zero-order valence-corrected chi connectivity index (χ0v) is 9.70. The number of amides is 3. The van der Waals surface area contributed by atoms with E-state index in [4.69, 9.17) is 17.2 Å². The summed E-state index contributed by atoms with van der Waals surface area (Å²) >= 11 is 0. The molecule has 9 heteroatoms. The van der Waals surface area contributed by atoms with E-state index in [1.54, 1.807) is 0 Å². The van der Waals surface area contributed by atoms with Gasteiger partial charge in [-0.15, -0.1) is 0 Å². The smallest absolute Gasteiger partial charge is 0.404 e. The molecular weight excluding hydrogens is 246 g/mol. The molecule has 0 aliphatic carbocycles. The number of primary amides is 3. The second-order valence-electron chi connectivity index (χ2n) is 3.49. The molecule has 0 heterocycles. The van der Waals surface area contributed by atoms with E-state index >= 15 is 0 Å². The molecule has 0 aromatic rings. The minimum atomic E-state index is -1.63. The van der Waals surface area contributed by atoms with Gasteiger partial charge in [-0.2, -0.15) is 0 Å². The van der Waals surface area contributed by atoms with Crippen molar-refractivity contribution in [3.05, 3.63) is 0 Å². The van der Waals surface area contributed by atoms with E-state index in [-0.39, 0.29) is 13.0 Å². The molecule has 104 valence electrons. The Bertz CT molecular complexity index is 309. The van der Waals surface area contributed by atoms with Gasteiger partial charge in [-0.25, -0.2) is 9.59 Å². The maximum absolute atomic E-state index is 10.8. The van der Waals surface area contributed by atoms with Gasteiger partial charge in [0.05, 0.1) is 6.61 Å². The Morgan fingerprint density at radius 2 is 1.67 bits per heavy atom. The molecule has 0 bridgehead atoms. The van der Waals surface area contributed by atoms with E-state index in [0.29, 0.717) is 12.8 Å². The van der Waals surface area contributed by atoms with E-state index in [9.17, 15) is 19.5 Å². The van der Waals surface area contributed by atoms with E-state index in [2.05, 4.69) is 9.47 Å². The van der Waals surface area contributed by atoms with E-state index in [0.717, 1.165) is 0 Å². The van der Waals surface area contributed by atoms with Crippen LogP contribution in [0, 0.1) is 0 Å². The van der Waals surface area contributed by atoms with Gasteiger partial charge < -0.3 is 31.8 Å². The van der Waals surface area contributed by atoms with Gasteiger partial charge in [-0.05, 0) is 19.3 Å². The van der Waals surface area contributed by atoms with Gasteiger partial charge in [-0.3, -0.25) is 4.79 Å². The summed E-state index contributed by atoms with van der Waals surface area (Å²) in [4.78, 5) is 31.6. The highest BCUT2D eigenvalue weighted by Crippen LogP contribution is 2.10. The number of ether oxygens (including phenoxy) is 2. The van der Waals surface area contributed by atoms with Crippen LogP contribution in [-0.2, 0) is 14.3 Å². The fourth-order valence-corrected chi connectivity index (χ4v) is 1.23. The SMILES string of the molecule is NC(=O)OCCCC[C@H](OC(N)=O)C(O)C(N)=O. The zero-order chi connectivity index (χ0) is 14.1. The third-order valence-corrected chi connectivity index (χ3v) is 2.04.